The number of nitrogens with zero attached hydrogens (tertiary/aromatic N) is 2. The van der Waals surface area contributed by atoms with E-state index >= 15 is 0 Å². The number of hydrogen-bond acceptors (Lipinski definition) is 4. The lowest BCUT2D eigenvalue weighted by molar-refractivity contribution is -0.139. The molecule has 7 nitrogen and oxygen atoms in total. The first-order chi connectivity index (χ1) is 19.1. The van der Waals surface area contributed by atoms with Gasteiger partial charge >= 0.3 is 0 Å². The molecule has 0 saturated heterocycles. The van der Waals surface area contributed by atoms with Crippen molar-refractivity contribution in [1.82, 2.24) is 10.2 Å². The Balaban J connectivity index is 1.66. The summed E-state index contributed by atoms with van der Waals surface area (Å²) in [6.45, 7) is 3.31. The number of halogens is 1. The van der Waals surface area contributed by atoms with Gasteiger partial charge in [-0.2, -0.15) is 0 Å². The van der Waals surface area contributed by atoms with Gasteiger partial charge < -0.3 is 10.2 Å². The Hall–Kier alpha value is -3.17. The molecule has 0 aromatic heterocycles. The quantitative estimate of drug-likeness (QED) is 0.308. The van der Waals surface area contributed by atoms with Crippen molar-refractivity contribution in [3.8, 4) is 0 Å². The Morgan fingerprint density at radius 2 is 1.62 bits per heavy atom. The van der Waals surface area contributed by atoms with E-state index in [2.05, 4.69) is 21.2 Å². The number of benzene rings is 3. The minimum Gasteiger partial charge on any atom is -0.352 e. The van der Waals surface area contributed by atoms with E-state index < -0.39 is 28.5 Å². The lowest BCUT2D eigenvalue weighted by Crippen LogP contribution is -2.53. The summed E-state index contributed by atoms with van der Waals surface area (Å²) in [7, 11) is -4.09. The lowest BCUT2D eigenvalue weighted by Gasteiger charge is -2.33. The molecule has 1 saturated carbocycles. The van der Waals surface area contributed by atoms with Gasteiger partial charge in [0.05, 0.1) is 10.6 Å². The standard InChI is InChI=1S/C31H36BrN3O4S/c1-23-16-18-29(19-17-23)40(38,39)35(28-15-9-12-26(32)20-28)22-30(36)34(21-25-10-5-3-6-11-25)24(2)31(37)33-27-13-7-4-8-14-27/h3,5-6,9-12,15-20,24,27H,4,7-8,13-14,21-22H2,1-2H3,(H,33,37)/t24-/m0/s1. The predicted molar refractivity (Wildman–Crippen MR) is 161 cm³/mol. The summed E-state index contributed by atoms with van der Waals surface area (Å²) < 4.78 is 29.6. The Morgan fingerprint density at radius 1 is 0.950 bits per heavy atom. The molecule has 3 aromatic carbocycles. The summed E-state index contributed by atoms with van der Waals surface area (Å²) >= 11 is 3.42. The fourth-order valence-electron chi connectivity index (χ4n) is 4.93. The number of hydrogen-bond donors (Lipinski definition) is 1. The van der Waals surface area contributed by atoms with Crippen LogP contribution in [0.1, 0.15) is 50.2 Å². The van der Waals surface area contributed by atoms with Crippen LogP contribution in [0, 0.1) is 6.92 Å². The van der Waals surface area contributed by atoms with Gasteiger partial charge in [0.2, 0.25) is 11.8 Å². The summed E-state index contributed by atoms with van der Waals surface area (Å²) in [4.78, 5) is 28.9. The normalized spacial score (nSPS) is 14.8. The summed E-state index contributed by atoms with van der Waals surface area (Å²) in [5, 5.41) is 3.12. The monoisotopic (exact) mass is 625 g/mol. The third kappa shape index (κ3) is 7.52. The molecule has 1 aliphatic rings. The molecular formula is C31H36BrN3O4S. The van der Waals surface area contributed by atoms with E-state index in [1.165, 1.54) is 11.3 Å². The largest absolute Gasteiger partial charge is 0.352 e. The second kappa shape index (κ2) is 13.5. The number of aryl methyl sites for hydroxylation is 1. The van der Waals surface area contributed by atoms with Crippen molar-refractivity contribution >= 4 is 43.5 Å². The van der Waals surface area contributed by atoms with E-state index in [1.54, 1.807) is 55.5 Å². The van der Waals surface area contributed by atoms with E-state index in [9.17, 15) is 18.0 Å². The highest BCUT2D eigenvalue weighted by Gasteiger charge is 2.33. The predicted octanol–water partition coefficient (Wildman–Crippen LogP) is 5.82. The Morgan fingerprint density at radius 3 is 2.27 bits per heavy atom. The van der Waals surface area contributed by atoms with Gasteiger partial charge in [-0.15, -0.1) is 0 Å². The summed E-state index contributed by atoms with van der Waals surface area (Å²) in [6, 6.07) is 22.1. The van der Waals surface area contributed by atoms with Gasteiger partial charge in [0.1, 0.15) is 12.6 Å². The van der Waals surface area contributed by atoms with Crippen LogP contribution in [-0.4, -0.2) is 43.8 Å². The molecule has 1 aliphatic carbocycles. The SMILES string of the molecule is Cc1ccc(S(=O)(=O)N(CC(=O)N(Cc2ccccc2)[C@@H](C)C(=O)NC2CCCCC2)c2cccc(Br)c2)cc1. The van der Waals surface area contributed by atoms with E-state index in [0.29, 0.717) is 10.2 Å². The highest BCUT2D eigenvalue weighted by atomic mass is 79.9. The first-order valence-electron chi connectivity index (χ1n) is 13.6. The summed E-state index contributed by atoms with van der Waals surface area (Å²) in [5.74, 6) is -0.697. The van der Waals surface area contributed by atoms with Gasteiger partial charge in [0, 0.05) is 17.1 Å². The van der Waals surface area contributed by atoms with E-state index in [-0.39, 0.29) is 23.4 Å². The van der Waals surface area contributed by atoms with Crippen LogP contribution in [0.2, 0.25) is 0 Å². The van der Waals surface area contributed by atoms with Crippen molar-refractivity contribution < 1.29 is 18.0 Å². The van der Waals surface area contributed by atoms with Crippen molar-refractivity contribution in [3.63, 3.8) is 0 Å². The molecular weight excluding hydrogens is 590 g/mol. The Kier molecular flexibility index (Phi) is 10.0. The number of carbonyl (C=O) groups is 2. The van der Waals surface area contributed by atoms with Crippen molar-refractivity contribution in [3.05, 3.63) is 94.5 Å². The van der Waals surface area contributed by atoms with Gasteiger partial charge in [0.15, 0.2) is 0 Å². The van der Waals surface area contributed by atoms with Gasteiger partial charge in [-0.05, 0) is 62.6 Å². The molecule has 1 atom stereocenters. The van der Waals surface area contributed by atoms with Crippen LogP contribution in [0.5, 0.6) is 0 Å². The highest BCUT2D eigenvalue weighted by molar-refractivity contribution is 9.10. The van der Waals surface area contributed by atoms with Gasteiger partial charge in [-0.25, -0.2) is 8.42 Å². The molecule has 2 amide bonds. The maximum atomic E-state index is 14.0. The number of sulfonamides is 1. The van der Waals surface area contributed by atoms with E-state index in [1.807, 2.05) is 37.3 Å². The minimum atomic E-state index is -4.09. The Labute approximate surface area is 245 Å². The van der Waals surface area contributed by atoms with Crippen LogP contribution in [0.25, 0.3) is 0 Å². The summed E-state index contributed by atoms with van der Waals surface area (Å²) in [6.07, 6.45) is 5.17. The molecule has 0 spiro atoms. The van der Waals surface area contributed by atoms with Crippen molar-refractivity contribution in [2.24, 2.45) is 0 Å². The fraction of sp³-hybridized carbons (Fsp3) is 0.355. The van der Waals surface area contributed by atoms with E-state index in [4.69, 9.17) is 0 Å². The van der Waals surface area contributed by atoms with E-state index in [0.717, 1.165) is 41.1 Å². The molecule has 212 valence electrons. The van der Waals surface area contributed by atoms with Gasteiger partial charge in [-0.1, -0.05) is 89.3 Å². The van der Waals surface area contributed by atoms with Crippen LogP contribution in [0.4, 0.5) is 5.69 Å². The molecule has 0 aliphatic heterocycles. The molecule has 1 N–H and O–H groups in total. The number of nitrogens with one attached hydrogen (secondary N) is 1. The Bertz CT molecular complexity index is 1410. The third-order valence-corrected chi connectivity index (χ3v) is 9.58. The molecule has 0 radical (unpaired) electrons. The first kappa shape index (κ1) is 29.8. The number of carbonyl (C=O) groups excluding carboxylic acids is 2. The average Bonchev–Trinajstić information content (AvgIpc) is 2.95. The zero-order chi connectivity index (χ0) is 28.7. The minimum absolute atomic E-state index is 0.0866. The smallest absolute Gasteiger partial charge is 0.264 e. The maximum Gasteiger partial charge on any atom is 0.264 e. The maximum absolute atomic E-state index is 14.0. The van der Waals surface area contributed by atoms with Crippen LogP contribution in [0.3, 0.4) is 0 Å². The van der Waals surface area contributed by atoms with Gasteiger partial charge in [-0.3, -0.25) is 13.9 Å². The topological polar surface area (TPSA) is 86.8 Å². The lowest BCUT2D eigenvalue weighted by atomic mass is 9.95. The third-order valence-electron chi connectivity index (χ3n) is 7.30. The molecule has 1 fully saturated rings. The summed E-state index contributed by atoms with van der Waals surface area (Å²) in [5.41, 5.74) is 2.13. The van der Waals surface area contributed by atoms with Crippen molar-refractivity contribution in [2.45, 2.75) is 69.5 Å². The zero-order valence-electron chi connectivity index (χ0n) is 22.9. The molecule has 0 heterocycles. The molecule has 40 heavy (non-hydrogen) atoms. The zero-order valence-corrected chi connectivity index (χ0v) is 25.3. The molecule has 0 unspecified atom stereocenters. The van der Waals surface area contributed by atoms with Crippen LogP contribution in [-0.2, 0) is 26.2 Å². The van der Waals surface area contributed by atoms with Gasteiger partial charge in [0.25, 0.3) is 10.0 Å². The molecule has 4 rings (SSSR count). The molecule has 3 aromatic rings. The molecule has 9 heteroatoms. The number of rotatable bonds is 10. The average molecular weight is 627 g/mol. The first-order valence-corrected chi connectivity index (χ1v) is 15.9. The van der Waals surface area contributed by atoms with Crippen molar-refractivity contribution in [2.75, 3.05) is 10.8 Å². The number of anilines is 1. The molecule has 0 bridgehead atoms. The second-order valence-corrected chi connectivity index (χ2v) is 13.1. The second-order valence-electron chi connectivity index (χ2n) is 10.3. The van der Waals surface area contributed by atoms with Crippen LogP contribution in [0.15, 0.2) is 88.2 Å². The highest BCUT2D eigenvalue weighted by Crippen LogP contribution is 2.27. The van der Waals surface area contributed by atoms with Crippen LogP contribution < -0.4 is 9.62 Å². The van der Waals surface area contributed by atoms with Crippen molar-refractivity contribution in [1.29, 1.82) is 0 Å². The fourth-order valence-corrected chi connectivity index (χ4v) is 6.72. The number of amides is 2. The van der Waals surface area contributed by atoms with Crippen LogP contribution >= 0.6 is 15.9 Å².